The predicted molar refractivity (Wildman–Crippen MR) is 73.3 cm³/mol. The van der Waals surface area contributed by atoms with Crippen molar-refractivity contribution in [3.05, 3.63) is 0 Å². The fourth-order valence-electron chi connectivity index (χ4n) is 2.38. The van der Waals surface area contributed by atoms with Crippen molar-refractivity contribution in [2.75, 3.05) is 20.1 Å². The van der Waals surface area contributed by atoms with Crippen LogP contribution in [0.1, 0.15) is 52.4 Å². The molecule has 0 aromatic rings. The summed E-state index contributed by atoms with van der Waals surface area (Å²) < 4.78 is 0. The van der Waals surface area contributed by atoms with Crippen LogP contribution in [0.5, 0.6) is 0 Å². The monoisotopic (exact) mass is 242 g/mol. The van der Waals surface area contributed by atoms with E-state index in [1.807, 2.05) is 0 Å². The normalized spacial score (nSPS) is 25.8. The second-order valence-corrected chi connectivity index (χ2v) is 5.69. The van der Waals surface area contributed by atoms with E-state index in [1.54, 1.807) is 0 Å². The van der Waals surface area contributed by atoms with Crippen LogP contribution in [0.2, 0.25) is 0 Å². The molecular weight excluding hydrogens is 212 g/mol. The molecule has 1 aliphatic carbocycles. The molecule has 1 aliphatic rings. The van der Waals surface area contributed by atoms with Gasteiger partial charge in [-0.05, 0) is 59.7 Å². The number of hydrogen-bond donors (Lipinski definition) is 2. The summed E-state index contributed by atoms with van der Waals surface area (Å²) in [5.74, 6) is 0. The van der Waals surface area contributed by atoms with Crippen LogP contribution < -0.4 is 5.32 Å². The average Bonchev–Trinajstić information content (AvgIpc) is 2.30. The largest absolute Gasteiger partial charge is 0.392 e. The van der Waals surface area contributed by atoms with Crippen molar-refractivity contribution in [3.63, 3.8) is 0 Å². The van der Waals surface area contributed by atoms with Crippen molar-refractivity contribution in [2.24, 2.45) is 0 Å². The molecule has 3 nitrogen and oxygen atoms in total. The minimum atomic E-state index is -0.109. The third-order valence-electron chi connectivity index (χ3n) is 3.96. The molecule has 0 bridgehead atoms. The van der Waals surface area contributed by atoms with E-state index in [9.17, 15) is 5.11 Å². The topological polar surface area (TPSA) is 35.5 Å². The van der Waals surface area contributed by atoms with Crippen LogP contribution in [0.3, 0.4) is 0 Å². The molecule has 0 aromatic carbocycles. The van der Waals surface area contributed by atoms with Crippen LogP contribution in [0, 0.1) is 0 Å². The van der Waals surface area contributed by atoms with Gasteiger partial charge >= 0.3 is 0 Å². The van der Waals surface area contributed by atoms with Crippen molar-refractivity contribution in [3.8, 4) is 0 Å². The number of nitrogens with one attached hydrogen (secondary N) is 1. The molecular formula is C14H30N2O. The second-order valence-electron chi connectivity index (χ2n) is 5.69. The van der Waals surface area contributed by atoms with E-state index in [2.05, 4.69) is 31.1 Å². The standard InChI is InChI=1S/C14H30N2O/c1-12(2)16(3)11-7-6-10-15-13-8-4-5-9-14(13)17/h12-15,17H,4-11H2,1-3H3/t13-,14-/m0/s1. The molecule has 0 radical (unpaired) electrons. The molecule has 0 unspecified atom stereocenters. The van der Waals surface area contributed by atoms with E-state index in [1.165, 1.54) is 32.2 Å². The highest BCUT2D eigenvalue weighted by Gasteiger charge is 2.21. The van der Waals surface area contributed by atoms with E-state index in [0.29, 0.717) is 12.1 Å². The highest BCUT2D eigenvalue weighted by molar-refractivity contribution is 4.80. The maximum Gasteiger partial charge on any atom is 0.0693 e. The number of nitrogens with zero attached hydrogens (tertiary/aromatic N) is 1. The first-order valence-electron chi connectivity index (χ1n) is 7.23. The summed E-state index contributed by atoms with van der Waals surface area (Å²) in [5.41, 5.74) is 0. The molecule has 0 heterocycles. The van der Waals surface area contributed by atoms with Gasteiger partial charge in [-0.1, -0.05) is 12.8 Å². The summed E-state index contributed by atoms with van der Waals surface area (Å²) in [6.45, 7) is 6.69. The fourth-order valence-corrected chi connectivity index (χ4v) is 2.38. The minimum Gasteiger partial charge on any atom is -0.392 e. The molecule has 0 aromatic heterocycles. The van der Waals surface area contributed by atoms with Crippen LogP contribution in [-0.2, 0) is 0 Å². The first-order chi connectivity index (χ1) is 8.11. The summed E-state index contributed by atoms with van der Waals surface area (Å²) >= 11 is 0. The Morgan fingerprint density at radius 3 is 2.59 bits per heavy atom. The van der Waals surface area contributed by atoms with E-state index in [-0.39, 0.29) is 6.10 Å². The summed E-state index contributed by atoms with van der Waals surface area (Å²) in [4.78, 5) is 2.38. The van der Waals surface area contributed by atoms with Gasteiger partial charge in [0.25, 0.3) is 0 Å². The van der Waals surface area contributed by atoms with E-state index in [0.717, 1.165) is 19.4 Å². The minimum absolute atomic E-state index is 0.109. The van der Waals surface area contributed by atoms with Gasteiger partial charge in [-0.15, -0.1) is 0 Å². The lowest BCUT2D eigenvalue weighted by atomic mass is 9.92. The Morgan fingerprint density at radius 1 is 1.24 bits per heavy atom. The van der Waals surface area contributed by atoms with Crippen molar-refractivity contribution in [1.29, 1.82) is 0 Å². The molecule has 0 saturated heterocycles. The molecule has 1 fully saturated rings. The zero-order valence-corrected chi connectivity index (χ0v) is 11.8. The van der Waals surface area contributed by atoms with Crippen molar-refractivity contribution >= 4 is 0 Å². The first kappa shape index (κ1) is 14.9. The maximum atomic E-state index is 9.82. The predicted octanol–water partition coefficient (Wildman–Crippen LogP) is 2.00. The van der Waals surface area contributed by atoms with Gasteiger partial charge in [-0.2, -0.15) is 0 Å². The fraction of sp³-hybridized carbons (Fsp3) is 1.00. The van der Waals surface area contributed by atoms with Crippen LogP contribution in [0.15, 0.2) is 0 Å². The van der Waals surface area contributed by atoms with Crippen molar-refractivity contribution < 1.29 is 5.11 Å². The number of unbranched alkanes of at least 4 members (excludes halogenated alkanes) is 1. The molecule has 0 amide bonds. The number of aliphatic hydroxyl groups is 1. The molecule has 17 heavy (non-hydrogen) atoms. The van der Waals surface area contributed by atoms with Crippen LogP contribution in [-0.4, -0.2) is 48.3 Å². The SMILES string of the molecule is CC(C)N(C)CCCCN[C@H]1CCCC[C@@H]1O. The van der Waals surface area contributed by atoms with Gasteiger partial charge in [0.1, 0.15) is 0 Å². The van der Waals surface area contributed by atoms with Crippen LogP contribution in [0.25, 0.3) is 0 Å². The Bertz CT molecular complexity index is 197. The third-order valence-corrected chi connectivity index (χ3v) is 3.96. The summed E-state index contributed by atoms with van der Waals surface area (Å²) in [7, 11) is 2.18. The summed E-state index contributed by atoms with van der Waals surface area (Å²) in [5, 5.41) is 13.3. The summed E-state index contributed by atoms with van der Waals surface area (Å²) in [6.07, 6.45) is 6.93. The van der Waals surface area contributed by atoms with Gasteiger partial charge < -0.3 is 15.3 Å². The second kappa shape index (κ2) is 8.06. The maximum absolute atomic E-state index is 9.82. The Morgan fingerprint density at radius 2 is 1.94 bits per heavy atom. The smallest absolute Gasteiger partial charge is 0.0693 e. The Balaban J connectivity index is 2.00. The van der Waals surface area contributed by atoms with Gasteiger partial charge in [0, 0.05) is 12.1 Å². The Labute approximate surface area is 107 Å². The number of aliphatic hydroxyl groups excluding tert-OH is 1. The number of hydrogen-bond acceptors (Lipinski definition) is 3. The lowest BCUT2D eigenvalue weighted by Crippen LogP contribution is -2.42. The lowest BCUT2D eigenvalue weighted by molar-refractivity contribution is 0.0908. The van der Waals surface area contributed by atoms with Gasteiger partial charge in [-0.25, -0.2) is 0 Å². The first-order valence-corrected chi connectivity index (χ1v) is 7.23. The highest BCUT2D eigenvalue weighted by Crippen LogP contribution is 2.18. The molecule has 102 valence electrons. The van der Waals surface area contributed by atoms with Gasteiger partial charge in [-0.3, -0.25) is 0 Å². The van der Waals surface area contributed by atoms with Gasteiger partial charge in [0.15, 0.2) is 0 Å². The third kappa shape index (κ3) is 5.84. The Hall–Kier alpha value is -0.120. The molecule has 2 N–H and O–H groups in total. The van der Waals surface area contributed by atoms with Crippen molar-refractivity contribution in [2.45, 2.75) is 70.6 Å². The quantitative estimate of drug-likeness (QED) is 0.670. The Kier molecular flexibility index (Phi) is 7.09. The molecule has 0 spiro atoms. The zero-order valence-electron chi connectivity index (χ0n) is 11.8. The lowest BCUT2D eigenvalue weighted by Gasteiger charge is -2.28. The van der Waals surface area contributed by atoms with Crippen LogP contribution in [0.4, 0.5) is 0 Å². The van der Waals surface area contributed by atoms with Crippen molar-refractivity contribution in [1.82, 2.24) is 10.2 Å². The molecule has 1 rings (SSSR count). The van der Waals surface area contributed by atoms with E-state index < -0.39 is 0 Å². The van der Waals surface area contributed by atoms with E-state index in [4.69, 9.17) is 0 Å². The average molecular weight is 242 g/mol. The van der Waals surface area contributed by atoms with E-state index >= 15 is 0 Å². The molecule has 0 aliphatic heterocycles. The summed E-state index contributed by atoms with van der Waals surface area (Å²) in [6, 6.07) is 0.995. The highest BCUT2D eigenvalue weighted by atomic mass is 16.3. The zero-order chi connectivity index (χ0) is 12.7. The molecule has 3 heteroatoms. The number of rotatable bonds is 7. The van der Waals surface area contributed by atoms with Gasteiger partial charge in [0.05, 0.1) is 6.10 Å². The molecule has 2 atom stereocenters. The van der Waals surface area contributed by atoms with Gasteiger partial charge in [0.2, 0.25) is 0 Å². The van der Waals surface area contributed by atoms with Crippen LogP contribution >= 0.6 is 0 Å². The molecule has 1 saturated carbocycles.